The first kappa shape index (κ1) is 21.5. The average molecular weight is 477 g/mol. The molecular weight excluding hydrogens is 456 g/mol. The van der Waals surface area contributed by atoms with Crippen molar-refractivity contribution in [1.82, 2.24) is 29.5 Å². The molecule has 5 aromatic rings. The second-order valence-electron chi connectivity index (χ2n) is 7.65. The molecule has 172 valence electrons. The van der Waals surface area contributed by atoms with Gasteiger partial charge in [-0.15, -0.1) is 11.3 Å². The normalized spacial score (nSPS) is 12.8. The second kappa shape index (κ2) is 8.23. The number of hydrogen-bond donors (Lipinski definition) is 3. The Hall–Kier alpha value is -4.32. The fourth-order valence-corrected chi connectivity index (χ4v) is 5.26. The summed E-state index contributed by atoms with van der Waals surface area (Å²) >= 11 is 1.23. The number of nitrogens with two attached hydrogens (primary N) is 1. The minimum atomic E-state index is -1.01. The number of esters is 1. The van der Waals surface area contributed by atoms with E-state index >= 15 is 0 Å². The molecule has 0 saturated carbocycles. The third kappa shape index (κ3) is 3.27. The standard InChI is InChI=1S/C22H20N8O3S/c1-29-17-13(18-19(29)27-20(34-18)16(22(32)33-2)14(24)6-7-23)9-26-30(21(17)31)10-11-4-3-5-15-12(11)8-25-28-15/h3-9,16,24H,10,23H2,1-2H3,(H,25,28)/b7-6-,24-14?. The third-order valence-electron chi connectivity index (χ3n) is 5.71. The lowest BCUT2D eigenvalue weighted by molar-refractivity contribution is -0.140. The molecule has 5 rings (SSSR count). The van der Waals surface area contributed by atoms with Gasteiger partial charge < -0.3 is 20.4 Å². The van der Waals surface area contributed by atoms with Crippen LogP contribution in [0.3, 0.4) is 0 Å². The first-order chi connectivity index (χ1) is 16.4. The van der Waals surface area contributed by atoms with Gasteiger partial charge in [0, 0.05) is 17.8 Å². The van der Waals surface area contributed by atoms with Crippen molar-refractivity contribution in [2.45, 2.75) is 12.5 Å². The van der Waals surface area contributed by atoms with E-state index < -0.39 is 11.9 Å². The molecule has 34 heavy (non-hydrogen) atoms. The van der Waals surface area contributed by atoms with E-state index in [2.05, 4.69) is 20.3 Å². The number of aromatic amines is 1. The van der Waals surface area contributed by atoms with Crippen molar-refractivity contribution < 1.29 is 9.53 Å². The molecule has 4 aromatic heterocycles. The van der Waals surface area contributed by atoms with Crippen LogP contribution in [0.2, 0.25) is 0 Å². The number of carbonyl (C=O) groups is 1. The summed E-state index contributed by atoms with van der Waals surface area (Å²) in [5.74, 6) is -1.62. The van der Waals surface area contributed by atoms with Gasteiger partial charge >= 0.3 is 5.97 Å². The maximum Gasteiger partial charge on any atom is 0.321 e. The number of hydrogen-bond acceptors (Lipinski definition) is 9. The number of rotatable bonds is 6. The molecular formula is C22H20N8O3S. The monoisotopic (exact) mass is 476 g/mol. The van der Waals surface area contributed by atoms with Crippen molar-refractivity contribution >= 4 is 55.2 Å². The van der Waals surface area contributed by atoms with Crippen molar-refractivity contribution in [3.05, 3.63) is 63.8 Å². The number of aromatic nitrogens is 6. The summed E-state index contributed by atoms with van der Waals surface area (Å²) in [6.07, 6.45) is 5.88. The number of benzene rings is 1. The Morgan fingerprint density at radius 2 is 2.18 bits per heavy atom. The van der Waals surface area contributed by atoms with Crippen LogP contribution in [0.1, 0.15) is 16.5 Å². The van der Waals surface area contributed by atoms with E-state index in [0.717, 1.165) is 16.5 Å². The van der Waals surface area contributed by atoms with E-state index in [1.54, 1.807) is 24.0 Å². The van der Waals surface area contributed by atoms with Crippen molar-refractivity contribution in [3.63, 3.8) is 0 Å². The number of H-pyrrole nitrogens is 1. The van der Waals surface area contributed by atoms with Crippen LogP contribution in [-0.2, 0) is 23.1 Å². The molecule has 0 aliphatic carbocycles. The minimum Gasteiger partial charge on any atom is -0.468 e. The summed E-state index contributed by atoms with van der Waals surface area (Å²) in [6.45, 7) is 0.288. The zero-order valence-corrected chi connectivity index (χ0v) is 19.1. The van der Waals surface area contributed by atoms with E-state index in [1.807, 2.05) is 18.2 Å². The van der Waals surface area contributed by atoms with Crippen LogP contribution in [0.25, 0.3) is 32.2 Å². The van der Waals surface area contributed by atoms with Gasteiger partial charge in [0.05, 0.1) is 42.0 Å². The van der Waals surface area contributed by atoms with E-state index in [0.29, 0.717) is 26.3 Å². The molecule has 4 heterocycles. The van der Waals surface area contributed by atoms with Gasteiger partial charge in [0.1, 0.15) is 16.4 Å². The highest BCUT2D eigenvalue weighted by atomic mass is 32.1. The predicted octanol–water partition coefficient (Wildman–Crippen LogP) is 2.02. The molecule has 0 aliphatic rings. The molecule has 0 radical (unpaired) electrons. The molecule has 1 unspecified atom stereocenters. The number of aryl methyl sites for hydroxylation is 1. The van der Waals surface area contributed by atoms with Crippen LogP contribution in [0.4, 0.5) is 0 Å². The first-order valence-electron chi connectivity index (χ1n) is 10.2. The average Bonchev–Trinajstić information content (AvgIpc) is 3.53. The Kier molecular flexibility index (Phi) is 5.21. The second-order valence-corrected chi connectivity index (χ2v) is 8.68. The fraction of sp³-hybridized carbons (Fsp3) is 0.182. The van der Waals surface area contributed by atoms with E-state index in [9.17, 15) is 9.59 Å². The molecule has 0 aliphatic heterocycles. The number of fused-ring (bicyclic) bond motifs is 4. The van der Waals surface area contributed by atoms with Gasteiger partial charge in [-0.1, -0.05) is 12.1 Å². The molecule has 1 atom stereocenters. The topological polar surface area (TPSA) is 158 Å². The third-order valence-corrected chi connectivity index (χ3v) is 6.85. The van der Waals surface area contributed by atoms with Crippen LogP contribution in [-0.4, -0.2) is 48.3 Å². The SMILES string of the molecule is COC(=O)C(C(=N)/C=C\N)c1nc2c(s1)c1cnn(Cc3cccc4[nH]ncc34)c(=O)c1n2C. The number of ether oxygens (including phenoxy) is 1. The summed E-state index contributed by atoms with van der Waals surface area (Å²) in [5, 5.41) is 21.5. The van der Waals surface area contributed by atoms with Crippen molar-refractivity contribution in [3.8, 4) is 0 Å². The lowest BCUT2D eigenvalue weighted by Crippen LogP contribution is -2.24. The van der Waals surface area contributed by atoms with Crippen molar-refractivity contribution in [1.29, 1.82) is 5.41 Å². The number of nitrogens with one attached hydrogen (secondary N) is 2. The Balaban J connectivity index is 1.62. The molecule has 4 N–H and O–H groups in total. The summed E-state index contributed by atoms with van der Waals surface area (Å²) in [4.78, 5) is 30.3. The van der Waals surface area contributed by atoms with E-state index in [1.165, 1.54) is 35.4 Å². The van der Waals surface area contributed by atoms with Gasteiger partial charge in [0.15, 0.2) is 5.65 Å². The zero-order valence-electron chi connectivity index (χ0n) is 18.3. The van der Waals surface area contributed by atoms with Gasteiger partial charge in [0.25, 0.3) is 5.56 Å². The van der Waals surface area contributed by atoms with Gasteiger partial charge in [-0.2, -0.15) is 10.2 Å². The van der Waals surface area contributed by atoms with Gasteiger partial charge in [-0.05, 0) is 23.9 Å². The summed E-state index contributed by atoms with van der Waals surface area (Å²) in [7, 11) is 3.00. The summed E-state index contributed by atoms with van der Waals surface area (Å²) in [6, 6.07) is 5.76. The highest BCUT2D eigenvalue weighted by molar-refractivity contribution is 7.19. The maximum absolute atomic E-state index is 13.4. The molecule has 0 amide bonds. The largest absolute Gasteiger partial charge is 0.468 e. The Labute approximate surface area is 196 Å². The summed E-state index contributed by atoms with van der Waals surface area (Å²) in [5.41, 5.74) is 7.91. The lowest BCUT2D eigenvalue weighted by atomic mass is 10.0. The number of nitrogens with zero attached hydrogens (tertiary/aromatic N) is 5. The molecule has 0 saturated heterocycles. The van der Waals surface area contributed by atoms with Crippen molar-refractivity contribution in [2.75, 3.05) is 7.11 Å². The molecule has 11 nitrogen and oxygen atoms in total. The molecule has 1 aromatic carbocycles. The Morgan fingerprint density at radius 3 is 2.94 bits per heavy atom. The van der Waals surface area contributed by atoms with Gasteiger partial charge in [-0.3, -0.25) is 14.7 Å². The maximum atomic E-state index is 13.4. The van der Waals surface area contributed by atoms with Crippen LogP contribution < -0.4 is 11.3 Å². The van der Waals surface area contributed by atoms with E-state index in [-0.39, 0.29) is 17.8 Å². The lowest BCUT2D eigenvalue weighted by Gasteiger charge is -2.10. The molecule has 0 spiro atoms. The number of carbonyl (C=O) groups excluding carboxylic acids is 1. The zero-order chi connectivity index (χ0) is 24.0. The highest BCUT2D eigenvalue weighted by Gasteiger charge is 2.30. The molecule has 0 bridgehead atoms. The summed E-state index contributed by atoms with van der Waals surface area (Å²) < 4.78 is 8.69. The fourth-order valence-electron chi connectivity index (χ4n) is 4.05. The Morgan fingerprint density at radius 1 is 1.35 bits per heavy atom. The van der Waals surface area contributed by atoms with Crippen LogP contribution >= 0.6 is 11.3 Å². The molecule has 0 fully saturated rings. The minimum absolute atomic E-state index is 0.0355. The van der Waals surface area contributed by atoms with Crippen LogP contribution in [0, 0.1) is 5.41 Å². The molecule has 12 heteroatoms. The van der Waals surface area contributed by atoms with Crippen molar-refractivity contribution in [2.24, 2.45) is 12.8 Å². The van der Waals surface area contributed by atoms with Crippen LogP contribution in [0.15, 0.2) is 47.7 Å². The quantitative estimate of drug-likeness (QED) is 0.250. The van der Waals surface area contributed by atoms with Crippen LogP contribution in [0.5, 0.6) is 0 Å². The smallest absolute Gasteiger partial charge is 0.321 e. The van der Waals surface area contributed by atoms with E-state index in [4.69, 9.17) is 15.9 Å². The number of allylic oxidation sites excluding steroid dienone is 1. The Bertz CT molecular complexity index is 1670. The number of thiazole rings is 1. The number of methoxy groups -OCH3 is 1. The first-order valence-corrected chi connectivity index (χ1v) is 11.1. The highest BCUT2D eigenvalue weighted by Crippen LogP contribution is 2.35. The van der Waals surface area contributed by atoms with Gasteiger partial charge in [-0.25, -0.2) is 9.67 Å². The predicted molar refractivity (Wildman–Crippen MR) is 129 cm³/mol. The van der Waals surface area contributed by atoms with Gasteiger partial charge in [0.2, 0.25) is 0 Å².